The second kappa shape index (κ2) is 6.95. The van der Waals surface area contributed by atoms with Crippen molar-refractivity contribution in [2.45, 2.75) is 44.9 Å². The van der Waals surface area contributed by atoms with Crippen molar-refractivity contribution in [3.63, 3.8) is 0 Å². The third-order valence-corrected chi connectivity index (χ3v) is 3.59. The van der Waals surface area contributed by atoms with Crippen LogP contribution in [0.4, 0.5) is 5.82 Å². The zero-order valence-electron chi connectivity index (χ0n) is 10.7. The van der Waals surface area contributed by atoms with Gasteiger partial charge in [-0.15, -0.1) is 0 Å². The monoisotopic (exact) mass is 244 g/mol. The summed E-state index contributed by atoms with van der Waals surface area (Å²) in [6.07, 6.45) is 12.5. The number of rotatable bonds is 3. The Morgan fingerprint density at radius 1 is 1.11 bits per heavy atom. The van der Waals surface area contributed by atoms with Gasteiger partial charge in [-0.25, -0.2) is 9.97 Å². The Bertz CT molecular complexity index is 403. The Balaban J connectivity index is 1.88. The van der Waals surface area contributed by atoms with Crippen LogP contribution in [-0.2, 0) is 0 Å². The van der Waals surface area contributed by atoms with Crippen LogP contribution in [0.3, 0.4) is 0 Å². The maximum atomic E-state index is 8.95. The smallest absolute Gasteiger partial charge is 0.182 e. The van der Waals surface area contributed by atoms with Crippen molar-refractivity contribution >= 4 is 5.82 Å². The van der Waals surface area contributed by atoms with Crippen LogP contribution in [-0.4, -0.2) is 16.5 Å². The summed E-state index contributed by atoms with van der Waals surface area (Å²) in [4.78, 5) is 8.19. The fraction of sp³-hybridized carbons (Fsp3) is 0.643. The van der Waals surface area contributed by atoms with Crippen molar-refractivity contribution in [3.05, 3.63) is 18.1 Å². The predicted octanol–water partition coefficient (Wildman–Crippen LogP) is 3.12. The largest absolute Gasteiger partial charge is 0.367 e. The van der Waals surface area contributed by atoms with Crippen LogP contribution in [0.1, 0.15) is 50.6 Å². The van der Waals surface area contributed by atoms with Crippen LogP contribution in [0, 0.1) is 17.2 Å². The zero-order chi connectivity index (χ0) is 12.6. The number of anilines is 1. The van der Waals surface area contributed by atoms with Crippen molar-refractivity contribution in [3.8, 4) is 6.07 Å². The Hall–Kier alpha value is -1.63. The zero-order valence-corrected chi connectivity index (χ0v) is 10.7. The summed E-state index contributed by atoms with van der Waals surface area (Å²) in [5.41, 5.74) is 0.392. The number of nitrogens with one attached hydrogen (secondary N) is 1. The minimum Gasteiger partial charge on any atom is -0.367 e. The molecule has 1 fully saturated rings. The molecule has 18 heavy (non-hydrogen) atoms. The van der Waals surface area contributed by atoms with Crippen molar-refractivity contribution in [2.24, 2.45) is 5.92 Å². The van der Waals surface area contributed by atoms with Crippen LogP contribution in [0.2, 0.25) is 0 Å². The summed E-state index contributed by atoms with van der Waals surface area (Å²) in [5, 5.41) is 12.2. The first kappa shape index (κ1) is 12.8. The molecule has 4 heteroatoms. The van der Waals surface area contributed by atoms with Gasteiger partial charge in [0.15, 0.2) is 11.5 Å². The summed E-state index contributed by atoms with van der Waals surface area (Å²) in [6, 6.07) is 2.07. The maximum absolute atomic E-state index is 8.95. The molecule has 1 aromatic heterocycles. The SMILES string of the molecule is N#Cc1nccnc1NCC1CCCCCCC1. The molecule has 2 rings (SSSR count). The van der Waals surface area contributed by atoms with Gasteiger partial charge in [0.25, 0.3) is 0 Å². The third-order valence-electron chi connectivity index (χ3n) is 3.59. The van der Waals surface area contributed by atoms with Crippen LogP contribution in [0.5, 0.6) is 0 Å². The second-order valence-electron chi connectivity index (χ2n) is 4.96. The molecule has 1 aliphatic rings. The molecular weight excluding hydrogens is 224 g/mol. The minimum absolute atomic E-state index is 0.392. The number of hydrogen-bond donors (Lipinski definition) is 1. The van der Waals surface area contributed by atoms with Crippen LogP contribution in [0.25, 0.3) is 0 Å². The van der Waals surface area contributed by atoms with Crippen LogP contribution >= 0.6 is 0 Å². The Morgan fingerprint density at radius 2 is 1.78 bits per heavy atom. The summed E-state index contributed by atoms with van der Waals surface area (Å²) in [5.74, 6) is 1.33. The van der Waals surface area contributed by atoms with E-state index in [0.717, 1.165) is 6.54 Å². The van der Waals surface area contributed by atoms with E-state index in [1.54, 1.807) is 12.4 Å². The molecule has 1 aromatic rings. The van der Waals surface area contributed by atoms with Crippen molar-refractivity contribution in [1.29, 1.82) is 5.26 Å². The second-order valence-corrected chi connectivity index (χ2v) is 4.96. The van der Waals surface area contributed by atoms with E-state index in [9.17, 15) is 0 Å². The lowest BCUT2D eigenvalue weighted by Gasteiger charge is -2.20. The number of aromatic nitrogens is 2. The molecule has 1 heterocycles. The van der Waals surface area contributed by atoms with Crippen LogP contribution < -0.4 is 5.32 Å². The third kappa shape index (κ3) is 3.69. The van der Waals surface area contributed by atoms with Gasteiger partial charge in [-0.2, -0.15) is 5.26 Å². The highest BCUT2D eigenvalue weighted by molar-refractivity contribution is 5.46. The molecule has 0 spiro atoms. The average Bonchev–Trinajstić information content (AvgIpc) is 2.38. The molecule has 96 valence electrons. The Kier molecular flexibility index (Phi) is 4.95. The lowest BCUT2D eigenvalue weighted by atomic mass is 9.91. The summed E-state index contributed by atoms with van der Waals surface area (Å²) in [6.45, 7) is 0.910. The first-order valence-corrected chi connectivity index (χ1v) is 6.85. The van der Waals surface area contributed by atoms with E-state index in [2.05, 4.69) is 21.4 Å². The fourth-order valence-corrected chi connectivity index (χ4v) is 2.54. The lowest BCUT2D eigenvalue weighted by Crippen LogP contribution is -2.17. The number of nitrogens with zero attached hydrogens (tertiary/aromatic N) is 3. The van der Waals surface area contributed by atoms with E-state index in [4.69, 9.17) is 5.26 Å². The predicted molar refractivity (Wildman–Crippen MR) is 71.0 cm³/mol. The highest BCUT2D eigenvalue weighted by Crippen LogP contribution is 2.22. The van der Waals surface area contributed by atoms with Gasteiger partial charge in [0, 0.05) is 18.9 Å². The van der Waals surface area contributed by atoms with E-state index in [0.29, 0.717) is 17.4 Å². The van der Waals surface area contributed by atoms with E-state index in [1.165, 1.54) is 44.9 Å². The standard InChI is InChI=1S/C14H20N4/c15-10-13-14(17-9-8-16-13)18-11-12-6-4-2-1-3-5-7-12/h8-9,12H,1-7,11H2,(H,17,18). The molecule has 0 unspecified atom stereocenters. The summed E-state index contributed by atoms with van der Waals surface area (Å²) >= 11 is 0. The molecule has 0 amide bonds. The van der Waals surface area contributed by atoms with Gasteiger partial charge in [-0.3, -0.25) is 0 Å². The molecule has 0 radical (unpaired) electrons. The molecule has 0 aromatic carbocycles. The normalized spacial score (nSPS) is 17.5. The first-order chi connectivity index (χ1) is 8.90. The van der Waals surface area contributed by atoms with E-state index >= 15 is 0 Å². The van der Waals surface area contributed by atoms with Crippen LogP contribution in [0.15, 0.2) is 12.4 Å². The van der Waals surface area contributed by atoms with Gasteiger partial charge in [0.05, 0.1) is 0 Å². The van der Waals surface area contributed by atoms with Gasteiger partial charge in [-0.1, -0.05) is 32.1 Å². The molecule has 1 saturated carbocycles. The van der Waals surface area contributed by atoms with Gasteiger partial charge < -0.3 is 5.32 Å². The lowest BCUT2D eigenvalue weighted by molar-refractivity contribution is 0.392. The molecule has 0 bridgehead atoms. The minimum atomic E-state index is 0.392. The van der Waals surface area contributed by atoms with E-state index in [1.807, 2.05) is 0 Å². The Labute approximate surface area is 108 Å². The van der Waals surface area contributed by atoms with Gasteiger partial charge >= 0.3 is 0 Å². The fourth-order valence-electron chi connectivity index (χ4n) is 2.54. The first-order valence-electron chi connectivity index (χ1n) is 6.85. The van der Waals surface area contributed by atoms with Crippen molar-refractivity contribution in [1.82, 2.24) is 9.97 Å². The molecule has 0 saturated heterocycles. The van der Waals surface area contributed by atoms with Gasteiger partial charge in [-0.05, 0) is 18.8 Å². The molecule has 4 nitrogen and oxygen atoms in total. The summed E-state index contributed by atoms with van der Waals surface area (Å²) < 4.78 is 0. The Morgan fingerprint density at radius 3 is 2.50 bits per heavy atom. The molecule has 0 atom stereocenters. The maximum Gasteiger partial charge on any atom is 0.182 e. The number of hydrogen-bond acceptors (Lipinski definition) is 4. The quantitative estimate of drug-likeness (QED) is 0.887. The van der Waals surface area contributed by atoms with E-state index < -0.39 is 0 Å². The number of nitriles is 1. The topological polar surface area (TPSA) is 61.6 Å². The van der Waals surface area contributed by atoms with Gasteiger partial charge in [0.2, 0.25) is 0 Å². The van der Waals surface area contributed by atoms with E-state index in [-0.39, 0.29) is 0 Å². The highest BCUT2D eigenvalue weighted by Gasteiger charge is 2.12. The highest BCUT2D eigenvalue weighted by atomic mass is 15.0. The molecular formula is C14H20N4. The van der Waals surface area contributed by atoms with Crippen molar-refractivity contribution in [2.75, 3.05) is 11.9 Å². The average molecular weight is 244 g/mol. The summed E-state index contributed by atoms with van der Waals surface area (Å²) in [7, 11) is 0. The molecule has 0 aliphatic heterocycles. The molecule has 1 N–H and O–H groups in total. The van der Waals surface area contributed by atoms with Crippen molar-refractivity contribution < 1.29 is 0 Å². The molecule has 1 aliphatic carbocycles. The van der Waals surface area contributed by atoms with Gasteiger partial charge in [0.1, 0.15) is 6.07 Å².